The number of carbonyl (C=O) groups excluding carboxylic acids is 1. The van der Waals surface area contributed by atoms with Gasteiger partial charge in [-0.3, -0.25) is 4.79 Å². The molecule has 0 aliphatic heterocycles. The van der Waals surface area contributed by atoms with Crippen LogP contribution in [0.3, 0.4) is 0 Å². The molecule has 0 bridgehead atoms. The molecule has 0 amide bonds. The van der Waals surface area contributed by atoms with E-state index in [-0.39, 0.29) is 11.2 Å². The lowest BCUT2D eigenvalue weighted by Crippen LogP contribution is -2.34. The minimum atomic E-state index is -0.857. The third kappa shape index (κ3) is 5.01. The SMILES string of the molecule is COCCCC(=O)C(O)C(C)(C)C. The van der Waals surface area contributed by atoms with E-state index in [0.29, 0.717) is 19.4 Å². The lowest BCUT2D eigenvalue weighted by molar-refractivity contribution is -0.132. The second-order valence-electron chi connectivity index (χ2n) is 4.33. The molecule has 0 aromatic heterocycles. The summed E-state index contributed by atoms with van der Waals surface area (Å²) in [6.45, 7) is 6.13. The molecule has 13 heavy (non-hydrogen) atoms. The minimum absolute atomic E-state index is 0.0930. The minimum Gasteiger partial charge on any atom is -0.385 e. The van der Waals surface area contributed by atoms with Gasteiger partial charge < -0.3 is 9.84 Å². The molecule has 3 heteroatoms. The number of carbonyl (C=O) groups is 1. The number of rotatable bonds is 5. The van der Waals surface area contributed by atoms with Gasteiger partial charge in [-0.1, -0.05) is 20.8 Å². The Morgan fingerprint density at radius 2 is 2.00 bits per heavy atom. The second-order valence-corrected chi connectivity index (χ2v) is 4.33. The van der Waals surface area contributed by atoms with Crippen LogP contribution in [0.25, 0.3) is 0 Å². The van der Waals surface area contributed by atoms with Gasteiger partial charge in [0.05, 0.1) is 0 Å². The number of ether oxygens (including phenoxy) is 1. The number of Topliss-reactive ketones (excluding diaryl/α,β-unsaturated/α-hetero) is 1. The number of ketones is 1. The van der Waals surface area contributed by atoms with Crippen molar-refractivity contribution in [3.63, 3.8) is 0 Å². The first-order valence-electron chi connectivity index (χ1n) is 4.59. The van der Waals surface area contributed by atoms with Crippen molar-refractivity contribution >= 4 is 5.78 Å². The van der Waals surface area contributed by atoms with E-state index in [1.54, 1.807) is 7.11 Å². The number of aliphatic hydroxyl groups excluding tert-OH is 1. The quantitative estimate of drug-likeness (QED) is 0.663. The average Bonchev–Trinajstić information content (AvgIpc) is 2.01. The van der Waals surface area contributed by atoms with Crippen molar-refractivity contribution < 1.29 is 14.6 Å². The number of aliphatic hydroxyl groups is 1. The van der Waals surface area contributed by atoms with E-state index in [2.05, 4.69) is 0 Å². The predicted molar refractivity (Wildman–Crippen MR) is 51.6 cm³/mol. The number of methoxy groups -OCH3 is 1. The molecule has 0 aliphatic carbocycles. The van der Waals surface area contributed by atoms with Gasteiger partial charge in [-0.05, 0) is 11.8 Å². The summed E-state index contributed by atoms with van der Waals surface area (Å²) in [5, 5.41) is 9.56. The Labute approximate surface area is 80.1 Å². The maximum Gasteiger partial charge on any atom is 0.161 e. The summed E-state index contributed by atoms with van der Waals surface area (Å²) in [4.78, 5) is 11.4. The Hall–Kier alpha value is -0.410. The van der Waals surface area contributed by atoms with E-state index in [1.165, 1.54) is 0 Å². The van der Waals surface area contributed by atoms with Crippen molar-refractivity contribution in [3.8, 4) is 0 Å². The van der Waals surface area contributed by atoms with E-state index in [9.17, 15) is 9.90 Å². The van der Waals surface area contributed by atoms with Gasteiger partial charge in [-0.25, -0.2) is 0 Å². The van der Waals surface area contributed by atoms with Crippen LogP contribution in [0.4, 0.5) is 0 Å². The molecule has 1 unspecified atom stereocenters. The monoisotopic (exact) mass is 188 g/mol. The molecular formula is C10H20O3. The summed E-state index contributed by atoms with van der Waals surface area (Å²) in [5.74, 6) is -0.0930. The zero-order valence-corrected chi connectivity index (χ0v) is 8.96. The van der Waals surface area contributed by atoms with Crippen LogP contribution in [0.5, 0.6) is 0 Å². The standard InChI is InChI=1S/C10H20O3/c1-10(2,3)9(12)8(11)6-5-7-13-4/h9,12H,5-7H2,1-4H3. The first-order chi connectivity index (χ1) is 5.89. The Kier molecular flexibility index (Phi) is 5.18. The molecule has 1 atom stereocenters. The van der Waals surface area contributed by atoms with E-state index in [4.69, 9.17) is 4.74 Å². The molecule has 0 heterocycles. The van der Waals surface area contributed by atoms with Crippen molar-refractivity contribution in [2.75, 3.05) is 13.7 Å². The first-order valence-corrected chi connectivity index (χ1v) is 4.59. The third-order valence-electron chi connectivity index (χ3n) is 1.90. The largest absolute Gasteiger partial charge is 0.385 e. The molecule has 0 fully saturated rings. The molecule has 0 saturated heterocycles. The summed E-state index contributed by atoms with van der Waals surface area (Å²) in [7, 11) is 1.60. The third-order valence-corrected chi connectivity index (χ3v) is 1.90. The van der Waals surface area contributed by atoms with Crippen molar-refractivity contribution in [2.24, 2.45) is 5.41 Å². The van der Waals surface area contributed by atoms with Crippen LogP contribution in [-0.4, -0.2) is 30.7 Å². The lowest BCUT2D eigenvalue weighted by Gasteiger charge is -2.24. The summed E-state index contributed by atoms with van der Waals surface area (Å²) in [6.07, 6.45) is 0.221. The molecule has 0 spiro atoms. The highest BCUT2D eigenvalue weighted by molar-refractivity contribution is 5.83. The molecule has 0 rings (SSSR count). The molecule has 78 valence electrons. The van der Waals surface area contributed by atoms with Gasteiger partial charge in [0.2, 0.25) is 0 Å². The Bertz CT molecular complexity index is 158. The van der Waals surface area contributed by atoms with Crippen molar-refractivity contribution in [3.05, 3.63) is 0 Å². The zero-order valence-electron chi connectivity index (χ0n) is 8.96. The van der Waals surface area contributed by atoms with Gasteiger partial charge in [0.1, 0.15) is 6.10 Å². The molecule has 0 aromatic carbocycles. The van der Waals surface area contributed by atoms with Gasteiger partial charge >= 0.3 is 0 Å². The van der Waals surface area contributed by atoms with Crippen molar-refractivity contribution in [2.45, 2.75) is 39.7 Å². The predicted octanol–water partition coefficient (Wildman–Crippen LogP) is 1.39. The highest BCUT2D eigenvalue weighted by atomic mass is 16.5. The second kappa shape index (κ2) is 5.35. The van der Waals surface area contributed by atoms with E-state index in [1.807, 2.05) is 20.8 Å². The molecular weight excluding hydrogens is 168 g/mol. The molecule has 0 aliphatic rings. The van der Waals surface area contributed by atoms with Gasteiger partial charge in [-0.15, -0.1) is 0 Å². The molecule has 0 aromatic rings. The summed E-state index contributed by atoms with van der Waals surface area (Å²) in [6, 6.07) is 0. The van der Waals surface area contributed by atoms with E-state index < -0.39 is 6.10 Å². The average molecular weight is 188 g/mol. The van der Waals surface area contributed by atoms with Crippen molar-refractivity contribution in [1.29, 1.82) is 0 Å². The number of hydrogen-bond donors (Lipinski definition) is 1. The summed E-state index contributed by atoms with van der Waals surface area (Å²) in [5.41, 5.74) is -0.357. The van der Waals surface area contributed by atoms with Gasteiger partial charge in [-0.2, -0.15) is 0 Å². The van der Waals surface area contributed by atoms with Crippen LogP contribution in [-0.2, 0) is 9.53 Å². The van der Waals surface area contributed by atoms with Gasteiger partial charge in [0, 0.05) is 20.1 Å². The Morgan fingerprint density at radius 1 is 1.46 bits per heavy atom. The van der Waals surface area contributed by atoms with Crippen molar-refractivity contribution in [1.82, 2.24) is 0 Å². The highest BCUT2D eigenvalue weighted by Gasteiger charge is 2.27. The normalized spacial score (nSPS) is 14.2. The van der Waals surface area contributed by atoms with E-state index in [0.717, 1.165) is 0 Å². The fourth-order valence-electron chi connectivity index (χ4n) is 1.01. The van der Waals surface area contributed by atoms with Crippen LogP contribution < -0.4 is 0 Å². The van der Waals surface area contributed by atoms with Crippen LogP contribution in [0, 0.1) is 5.41 Å². The van der Waals surface area contributed by atoms with Crippen LogP contribution in [0.15, 0.2) is 0 Å². The van der Waals surface area contributed by atoms with Gasteiger partial charge in [0.25, 0.3) is 0 Å². The Morgan fingerprint density at radius 3 is 2.38 bits per heavy atom. The molecule has 3 nitrogen and oxygen atoms in total. The molecule has 0 saturated carbocycles. The Balaban J connectivity index is 3.84. The first kappa shape index (κ1) is 12.6. The highest BCUT2D eigenvalue weighted by Crippen LogP contribution is 2.20. The summed E-state index contributed by atoms with van der Waals surface area (Å²) < 4.78 is 4.82. The fourth-order valence-corrected chi connectivity index (χ4v) is 1.01. The van der Waals surface area contributed by atoms with Crippen LogP contribution in [0.2, 0.25) is 0 Å². The fraction of sp³-hybridized carbons (Fsp3) is 0.900. The molecule has 1 N–H and O–H groups in total. The van der Waals surface area contributed by atoms with E-state index >= 15 is 0 Å². The smallest absolute Gasteiger partial charge is 0.161 e. The zero-order chi connectivity index (χ0) is 10.5. The van der Waals surface area contributed by atoms with Gasteiger partial charge in [0.15, 0.2) is 5.78 Å². The lowest BCUT2D eigenvalue weighted by atomic mass is 9.85. The van der Waals surface area contributed by atoms with Crippen LogP contribution in [0.1, 0.15) is 33.6 Å². The molecule has 0 radical (unpaired) electrons. The maximum atomic E-state index is 11.4. The number of hydrogen-bond acceptors (Lipinski definition) is 3. The maximum absolute atomic E-state index is 11.4. The summed E-state index contributed by atoms with van der Waals surface area (Å²) >= 11 is 0. The topological polar surface area (TPSA) is 46.5 Å². The van der Waals surface area contributed by atoms with Crippen LogP contribution >= 0.6 is 0 Å².